The zero-order valence-corrected chi connectivity index (χ0v) is 12.5. The normalized spacial score (nSPS) is 31.3. The van der Waals surface area contributed by atoms with E-state index < -0.39 is 17.5 Å². The van der Waals surface area contributed by atoms with E-state index in [1.807, 2.05) is 6.92 Å². The first-order valence-corrected chi connectivity index (χ1v) is 8.35. The van der Waals surface area contributed by atoms with Crippen LogP contribution in [0.5, 0.6) is 0 Å². The molecule has 8 heteroatoms. The number of nitrogens with one attached hydrogen (secondary N) is 2. The van der Waals surface area contributed by atoms with E-state index in [0.717, 1.165) is 16.5 Å². The van der Waals surface area contributed by atoms with Crippen LogP contribution in [-0.4, -0.2) is 50.9 Å². The van der Waals surface area contributed by atoms with Gasteiger partial charge in [0.25, 0.3) is 11.8 Å². The molecule has 2 aliphatic heterocycles. The van der Waals surface area contributed by atoms with Gasteiger partial charge in [-0.05, 0) is 13.3 Å². The highest BCUT2D eigenvalue weighted by Crippen LogP contribution is 2.25. The fraction of sp³-hybridized carbons (Fsp3) is 0.727. The summed E-state index contributed by atoms with van der Waals surface area (Å²) in [5, 5.41) is 3.21. The van der Waals surface area contributed by atoms with Crippen molar-refractivity contribution in [3.05, 3.63) is 0 Å². The number of hydrogen-bond acceptors (Lipinski definition) is 5. The summed E-state index contributed by atoms with van der Waals surface area (Å²) in [6, 6.07) is -0.559. The van der Waals surface area contributed by atoms with Crippen molar-refractivity contribution in [1.82, 2.24) is 15.8 Å². The largest absolute Gasteiger partial charge is 0.344 e. The molecule has 0 bridgehead atoms. The highest BCUT2D eigenvalue weighted by molar-refractivity contribution is 8.07. The van der Waals surface area contributed by atoms with E-state index in [9.17, 15) is 14.4 Å². The highest BCUT2D eigenvalue weighted by atomic mass is 32.2. The standard InChI is InChI=1S/C11H17N3O3S2/c1-3-11(2)9(16)14(10(17)12-11)13-8(15)7-6-18-4-5-19-7/h7H,3-6H2,1-2H3,(H,12,17)(H,13,15). The Morgan fingerprint density at radius 1 is 1.53 bits per heavy atom. The molecule has 0 aromatic heterocycles. The van der Waals surface area contributed by atoms with E-state index in [4.69, 9.17) is 0 Å². The van der Waals surface area contributed by atoms with Crippen LogP contribution in [0.25, 0.3) is 0 Å². The molecule has 2 N–H and O–H groups in total. The van der Waals surface area contributed by atoms with Crippen molar-refractivity contribution in [2.24, 2.45) is 0 Å². The van der Waals surface area contributed by atoms with Crippen LogP contribution >= 0.6 is 23.5 Å². The summed E-state index contributed by atoms with van der Waals surface area (Å²) in [5.74, 6) is 1.98. The smallest absolute Gasteiger partial charge is 0.322 e. The summed E-state index contributed by atoms with van der Waals surface area (Å²) in [5.41, 5.74) is 1.52. The topological polar surface area (TPSA) is 78.5 Å². The number of thioether (sulfide) groups is 2. The van der Waals surface area contributed by atoms with E-state index in [1.54, 1.807) is 30.4 Å². The number of carbonyl (C=O) groups excluding carboxylic acids is 3. The fourth-order valence-corrected chi connectivity index (χ4v) is 4.40. The third-order valence-electron chi connectivity index (χ3n) is 3.30. The molecule has 6 nitrogen and oxygen atoms in total. The number of rotatable bonds is 3. The lowest BCUT2D eigenvalue weighted by molar-refractivity contribution is -0.138. The summed E-state index contributed by atoms with van der Waals surface area (Å²) in [4.78, 5) is 35.9. The average Bonchev–Trinajstić information content (AvgIpc) is 2.64. The number of urea groups is 1. The van der Waals surface area contributed by atoms with Gasteiger partial charge >= 0.3 is 6.03 Å². The van der Waals surface area contributed by atoms with Crippen LogP contribution < -0.4 is 10.7 Å². The summed E-state index contributed by atoms with van der Waals surface area (Å²) in [6.07, 6.45) is 0.484. The zero-order valence-electron chi connectivity index (χ0n) is 10.9. The Morgan fingerprint density at radius 3 is 2.79 bits per heavy atom. The molecule has 19 heavy (non-hydrogen) atoms. The molecule has 0 aliphatic carbocycles. The minimum atomic E-state index is -0.918. The molecule has 0 saturated carbocycles. The van der Waals surface area contributed by atoms with Crippen LogP contribution in [0.1, 0.15) is 20.3 Å². The number of imide groups is 1. The minimum Gasteiger partial charge on any atom is -0.322 e. The van der Waals surface area contributed by atoms with E-state index in [-0.39, 0.29) is 11.2 Å². The number of nitrogens with zero attached hydrogens (tertiary/aromatic N) is 1. The number of hydrazine groups is 1. The molecule has 0 spiro atoms. The van der Waals surface area contributed by atoms with Crippen molar-refractivity contribution < 1.29 is 14.4 Å². The third-order valence-corrected chi connectivity index (χ3v) is 6.05. The van der Waals surface area contributed by atoms with Crippen molar-refractivity contribution >= 4 is 41.4 Å². The Balaban J connectivity index is 2.00. The first-order chi connectivity index (χ1) is 8.98. The van der Waals surface area contributed by atoms with Gasteiger partial charge in [0, 0.05) is 17.3 Å². The summed E-state index contributed by atoms with van der Waals surface area (Å²) in [6.45, 7) is 3.47. The second-order valence-corrected chi connectivity index (χ2v) is 7.13. The van der Waals surface area contributed by atoms with Gasteiger partial charge in [-0.2, -0.15) is 16.8 Å². The van der Waals surface area contributed by atoms with Gasteiger partial charge in [0.2, 0.25) is 0 Å². The molecule has 2 unspecified atom stereocenters. The maximum atomic E-state index is 12.1. The quantitative estimate of drug-likeness (QED) is 0.746. The Hall–Kier alpha value is -0.890. The third kappa shape index (κ3) is 2.84. The predicted octanol–water partition coefficient (Wildman–Crippen LogP) is 0.587. The average molecular weight is 303 g/mol. The zero-order chi connectivity index (χ0) is 14.0. The van der Waals surface area contributed by atoms with Gasteiger partial charge in [-0.3, -0.25) is 15.0 Å². The first-order valence-electron chi connectivity index (χ1n) is 6.14. The van der Waals surface area contributed by atoms with Crippen molar-refractivity contribution in [3.63, 3.8) is 0 Å². The van der Waals surface area contributed by atoms with Gasteiger partial charge in [-0.1, -0.05) is 6.92 Å². The van der Waals surface area contributed by atoms with Gasteiger partial charge in [0.1, 0.15) is 5.54 Å². The molecule has 106 valence electrons. The molecule has 2 saturated heterocycles. The molecular weight excluding hydrogens is 286 g/mol. The van der Waals surface area contributed by atoms with Gasteiger partial charge in [-0.15, -0.1) is 11.8 Å². The number of hydrogen-bond donors (Lipinski definition) is 2. The summed E-state index contributed by atoms with van der Waals surface area (Å²) in [7, 11) is 0. The molecule has 2 rings (SSSR count). The van der Waals surface area contributed by atoms with Gasteiger partial charge in [0.15, 0.2) is 0 Å². The first kappa shape index (κ1) is 14.5. The monoisotopic (exact) mass is 303 g/mol. The van der Waals surface area contributed by atoms with Crippen LogP contribution in [0.2, 0.25) is 0 Å². The molecule has 2 heterocycles. The van der Waals surface area contributed by atoms with E-state index in [0.29, 0.717) is 12.2 Å². The molecule has 0 aromatic carbocycles. The van der Waals surface area contributed by atoms with Crippen LogP contribution in [0.4, 0.5) is 4.79 Å². The number of carbonyl (C=O) groups is 3. The molecule has 0 aromatic rings. The Labute approximate surface area is 120 Å². The molecule has 2 atom stereocenters. The van der Waals surface area contributed by atoms with Crippen molar-refractivity contribution in [2.45, 2.75) is 31.1 Å². The van der Waals surface area contributed by atoms with Crippen LogP contribution in [0.3, 0.4) is 0 Å². The van der Waals surface area contributed by atoms with Crippen molar-refractivity contribution in [2.75, 3.05) is 17.3 Å². The lowest BCUT2D eigenvalue weighted by Crippen LogP contribution is -2.51. The molecule has 2 fully saturated rings. The Bertz CT molecular complexity index is 412. The van der Waals surface area contributed by atoms with Crippen molar-refractivity contribution in [1.29, 1.82) is 0 Å². The lowest BCUT2D eigenvalue weighted by Gasteiger charge is -2.23. The van der Waals surface area contributed by atoms with Gasteiger partial charge in [-0.25, -0.2) is 4.79 Å². The number of amides is 4. The molecular formula is C11H17N3O3S2. The van der Waals surface area contributed by atoms with Crippen LogP contribution in [-0.2, 0) is 9.59 Å². The second-order valence-electron chi connectivity index (χ2n) is 4.67. The molecule has 0 radical (unpaired) electrons. The van der Waals surface area contributed by atoms with Crippen LogP contribution in [0, 0.1) is 0 Å². The predicted molar refractivity (Wildman–Crippen MR) is 75.8 cm³/mol. The van der Waals surface area contributed by atoms with Gasteiger partial charge in [0.05, 0.1) is 5.25 Å². The summed E-state index contributed by atoms with van der Waals surface area (Å²) >= 11 is 3.27. The van der Waals surface area contributed by atoms with E-state index in [1.165, 1.54) is 0 Å². The van der Waals surface area contributed by atoms with Gasteiger partial charge < -0.3 is 5.32 Å². The summed E-state index contributed by atoms with van der Waals surface area (Å²) < 4.78 is 0. The molecule has 4 amide bonds. The van der Waals surface area contributed by atoms with Crippen molar-refractivity contribution in [3.8, 4) is 0 Å². The SMILES string of the molecule is CCC1(C)NC(=O)N(NC(=O)C2CSCCS2)C1=O. The maximum absolute atomic E-state index is 12.1. The Morgan fingerprint density at radius 2 is 2.26 bits per heavy atom. The van der Waals surface area contributed by atoms with E-state index >= 15 is 0 Å². The second kappa shape index (κ2) is 5.62. The fourth-order valence-electron chi connectivity index (χ4n) is 1.85. The van der Waals surface area contributed by atoms with Crippen LogP contribution in [0.15, 0.2) is 0 Å². The maximum Gasteiger partial charge on any atom is 0.344 e. The highest BCUT2D eigenvalue weighted by Gasteiger charge is 2.47. The minimum absolute atomic E-state index is 0.201. The Kier molecular flexibility index (Phi) is 4.29. The van der Waals surface area contributed by atoms with E-state index in [2.05, 4.69) is 10.7 Å². The molecule has 2 aliphatic rings. The lowest BCUT2D eigenvalue weighted by atomic mass is 10.00.